The van der Waals surface area contributed by atoms with Crippen molar-refractivity contribution in [3.8, 4) is 17.3 Å². The third-order valence-corrected chi connectivity index (χ3v) is 4.56. The average molecular weight is 388 g/mol. The first kappa shape index (κ1) is 19.3. The van der Waals surface area contributed by atoms with E-state index in [1.165, 1.54) is 4.68 Å². The van der Waals surface area contributed by atoms with Crippen molar-refractivity contribution in [2.45, 2.75) is 39.3 Å². The molecule has 142 valence electrons. The van der Waals surface area contributed by atoms with Gasteiger partial charge in [-0.25, -0.2) is 4.68 Å². The summed E-state index contributed by atoms with van der Waals surface area (Å²) in [4.78, 5) is 4.24. The minimum atomic E-state index is -0.785. The highest BCUT2D eigenvalue weighted by atomic mass is 35.5. The second kappa shape index (κ2) is 8.45. The highest BCUT2D eigenvalue weighted by Crippen LogP contribution is 2.32. The number of aliphatic hydroxyl groups excluding tert-OH is 1. The monoisotopic (exact) mass is 387 g/mol. The Labute approximate surface area is 163 Å². The Morgan fingerprint density at radius 1 is 1.26 bits per heavy atom. The topological polar surface area (TPSA) is 86.0 Å². The first-order valence-electron chi connectivity index (χ1n) is 8.74. The van der Waals surface area contributed by atoms with Crippen molar-refractivity contribution in [2.75, 3.05) is 6.61 Å². The van der Waals surface area contributed by atoms with Gasteiger partial charge in [0.2, 0.25) is 5.82 Å². The number of ether oxygens (including phenoxy) is 1. The zero-order valence-corrected chi connectivity index (χ0v) is 16.3. The molecule has 1 atom stereocenters. The molecule has 0 amide bonds. The summed E-state index contributed by atoms with van der Waals surface area (Å²) < 4.78 is 7.40. The van der Waals surface area contributed by atoms with Crippen molar-refractivity contribution in [1.82, 2.24) is 25.2 Å². The SMILES string of the molecule is Cc1cc(OCC(O)Cn2nnnc2-c2ccccn2)c(C(C)C)cc1Cl. The van der Waals surface area contributed by atoms with Crippen LogP contribution in [0.1, 0.15) is 30.9 Å². The average Bonchev–Trinajstić information content (AvgIpc) is 3.11. The summed E-state index contributed by atoms with van der Waals surface area (Å²) in [5.74, 6) is 1.48. The Morgan fingerprint density at radius 3 is 2.78 bits per heavy atom. The van der Waals surface area contributed by atoms with Gasteiger partial charge in [-0.15, -0.1) is 5.10 Å². The smallest absolute Gasteiger partial charge is 0.200 e. The van der Waals surface area contributed by atoms with Gasteiger partial charge in [0.15, 0.2) is 0 Å². The van der Waals surface area contributed by atoms with E-state index in [9.17, 15) is 5.11 Å². The number of benzene rings is 1. The van der Waals surface area contributed by atoms with Crippen molar-refractivity contribution in [2.24, 2.45) is 0 Å². The van der Waals surface area contributed by atoms with Crippen molar-refractivity contribution < 1.29 is 9.84 Å². The molecule has 0 aliphatic rings. The lowest BCUT2D eigenvalue weighted by Crippen LogP contribution is -2.25. The lowest BCUT2D eigenvalue weighted by atomic mass is 10.0. The molecule has 0 bridgehead atoms. The fourth-order valence-corrected chi connectivity index (χ4v) is 2.86. The summed E-state index contributed by atoms with van der Waals surface area (Å²) in [7, 11) is 0. The molecule has 0 aliphatic carbocycles. The van der Waals surface area contributed by atoms with Crippen LogP contribution in [0.25, 0.3) is 11.5 Å². The Morgan fingerprint density at radius 2 is 2.07 bits per heavy atom. The van der Waals surface area contributed by atoms with Crippen LogP contribution in [-0.2, 0) is 6.54 Å². The third-order valence-electron chi connectivity index (χ3n) is 4.15. The van der Waals surface area contributed by atoms with Gasteiger partial charge in [0.25, 0.3) is 0 Å². The van der Waals surface area contributed by atoms with Crippen LogP contribution in [-0.4, -0.2) is 43.0 Å². The van der Waals surface area contributed by atoms with Crippen molar-refractivity contribution in [3.63, 3.8) is 0 Å². The molecule has 0 radical (unpaired) electrons. The number of halogens is 1. The Kier molecular flexibility index (Phi) is 6.03. The largest absolute Gasteiger partial charge is 0.491 e. The molecule has 1 aromatic carbocycles. The molecule has 0 spiro atoms. The number of tetrazole rings is 1. The van der Waals surface area contributed by atoms with E-state index < -0.39 is 6.10 Å². The van der Waals surface area contributed by atoms with Crippen molar-refractivity contribution in [3.05, 3.63) is 52.7 Å². The number of pyridine rings is 1. The van der Waals surface area contributed by atoms with Crippen LogP contribution in [0.15, 0.2) is 36.5 Å². The van der Waals surface area contributed by atoms with Gasteiger partial charge < -0.3 is 9.84 Å². The molecule has 2 heterocycles. The predicted octanol–water partition coefficient (Wildman–Crippen LogP) is 3.26. The molecule has 2 aromatic heterocycles. The van der Waals surface area contributed by atoms with E-state index in [-0.39, 0.29) is 19.1 Å². The maximum atomic E-state index is 10.4. The number of rotatable bonds is 7. The van der Waals surface area contributed by atoms with Gasteiger partial charge in [-0.2, -0.15) is 0 Å². The van der Waals surface area contributed by atoms with E-state index in [1.807, 2.05) is 37.3 Å². The lowest BCUT2D eigenvalue weighted by Gasteiger charge is -2.18. The second-order valence-electron chi connectivity index (χ2n) is 6.66. The molecule has 1 unspecified atom stereocenters. The number of hydrogen-bond acceptors (Lipinski definition) is 6. The van der Waals surface area contributed by atoms with Gasteiger partial charge in [0.1, 0.15) is 24.2 Å². The predicted molar refractivity (Wildman–Crippen MR) is 103 cm³/mol. The van der Waals surface area contributed by atoms with E-state index in [0.29, 0.717) is 16.5 Å². The van der Waals surface area contributed by atoms with Gasteiger partial charge in [-0.05, 0) is 58.7 Å². The number of aliphatic hydroxyl groups is 1. The summed E-state index contributed by atoms with van der Waals surface area (Å²) >= 11 is 6.23. The normalized spacial score (nSPS) is 12.4. The number of hydrogen-bond donors (Lipinski definition) is 1. The van der Waals surface area contributed by atoms with E-state index in [4.69, 9.17) is 16.3 Å². The van der Waals surface area contributed by atoms with Gasteiger partial charge in [-0.3, -0.25) is 4.98 Å². The first-order chi connectivity index (χ1) is 13.0. The van der Waals surface area contributed by atoms with Crippen LogP contribution in [0.4, 0.5) is 0 Å². The van der Waals surface area contributed by atoms with Crippen LogP contribution in [0.5, 0.6) is 5.75 Å². The van der Waals surface area contributed by atoms with Crippen molar-refractivity contribution in [1.29, 1.82) is 0 Å². The highest BCUT2D eigenvalue weighted by Gasteiger charge is 2.16. The highest BCUT2D eigenvalue weighted by molar-refractivity contribution is 6.31. The molecule has 0 aliphatic heterocycles. The molecule has 8 heteroatoms. The molecule has 0 saturated heterocycles. The van der Waals surface area contributed by atoms with Gasteiger partial charge in [0.05, 0.1) is 6.54 Å². The van der Waals surface area contributed by atoms with Crippen LogP contribution in [0, 0.1) is 6.92 Å². The standard InChI is InChI=1S/C19H22ClN5O2/c1-12(2)15-9-16(20)13(3)8-18(15)27-11-14(26)10-25-19(22-23-24-25)17-6-4-5-7-21-17/h4-9,12,14,26H,10-11H2,1-3H3. The molecule has 0 saturated carbocycles. The molecule has 1 N–H and O–H groups in total. The maximum Gasteiger partial charge on any atom is 0.200 e. The fraction of sp³-hybridized carbons (Fsp3) is 0.368. The molecule has 27 heavy (non-hydrogen) atoms. The molecule has 3 rings (SSSR count). The molecule has 7 nitrogen and oxygen atoms in total. The summed E-state index contributed by atoms with van der Waals surface area (Å²) in [6.07, 6.45) is 0.886. The summed E-state index contributed by atoms with van der Waals surface area (Å²) in [5, 5.41) is 22.7. The Bertz CT molecular complexity index is 898. The van der Waals surface area contributed by atoms with Gasteiger partial charge in [-0.1, -0.05) is 31.5 Å². The van der Waals surface area contributed by atoms with E-state index in [1.54, 1.807) is 6.20 Å². The number of aryl methyl sites for hydroxylation is 1. The second-order valence-corrected chi connectivity index (χ2v) is 7.07. The fourth-order valence-electron chi connectivity index (χ4n) is 2.69. The molecular weight excluding hydrogens is 366 g/mol. The third kappa shape index (κ3) is 4.61. The van der Waals surface area contributed by atoms with Gasteiger partial charge in [0, 0.05) is 11.2 Å². The summed E-state index contributed by atoms with van der Waals surface area (Å²) in [6, 6.07) is 9.32. The minimum Gasteiger partial charge on any atom is -0.491 e. The zero-order valence-electron chi connectivity index (χ0n) is 15.5. The number of nitrogens with zero attached hydrogens (tertiary/aromatic N) is 5. The quantitative estimate of drug-likeness (QED) is 0.669. The van der Waals surface area contributed by atoms with Crippen LogP contribution in [0.2, 0.25) is 5.02 Å². The molecule has 0 fully saturated rings. The Balaban J connectivity index is 1.69. The Hall–Kier alpha value is -2.51. The van der Waals surface area contributed by atoms with E-state index in [0.717, 1.165) is 16.9 Å². The molecule has 3 aromatic rings. The van der Waals surface area contributed by atoms with E-state index in [2.05, 4.69) is 34.4 Å². The van der Waals surface area contributed by atoms with Crippen molar-refractivity contribution >= 4 is 11.6 Å². The zero-order chi connectivity index (χ0) is 19.4. The van der Waals surface area contributed by atoms with Crippen LogP contribution >= 0.6 is 11.6 Å². The first-order valence-corrected chi connectivity index (χ1v) is 9.12. The van der Waals surface area contributed by atoms with Gasteiger partial charge >= 0.3 is 0 Å². The number of aromatic nitrogens is 5. The summed E-state index contributed by atoms with van der Waals surface area (Å²) in [6.45, 7) is 6.38. The van der Waals surface area contributed by atoms with Crippen LogP contribution in [0.3, 0.4) is 0 Å². The lowest BCUT2D eigenvalue weighted by molar-refractivity contribution is 0.0886. The minimum absolute atomic E-state index is 0.113. The van der Waals surface area contributed by atoms with Crippen LogP contribution < -0.4 is 4.74 Å². The molecular formula is C19H22ClN5O2. The summed E-state index contributed by atoms with van der Waals surface area (Å²) in [5.41, 5.74) is 2.59. The maximum absolute atomic E-state index is 10.4. The van der Waals surface area contributed by atoms with E-state index >= 15 is 0 Å².